The third-order valence-corrected chi connectivity index (χ3v) is 2.62. The van der Waals surface area contributed by atoms with Crippen molar-refractivity contribution in [1.82, 2.24) is 5.32 Å². The van der Waals surface area contributed by atoms with Gasteiger partial charge in [0.05, 0.1) is 0 Å². The number of rotatable bonds is 2. The van der Waals surface area contributed by atoms with E-state index >= 15 is 0 Å². The molecule has 0 saturated heterocycles. The lowest BCUT2D eigenvalue weighted by Gasteiger charge is -1.81. The maximum atomic E-state index is 10.1. The van der Waals surface area contributed by atoms with Gasteiger partial charge in [-0.1, -0.05) is 18.2 Å². The smallest absolute Gasteiger partial charge is 0.234 e. The zero-order valence-electron chi connectivity index (χ0n) is 6.23. The van der Waals surface area contributed by atoms with Gasteiger partial charge in [0.25, 0.3) is 0 Å². The molecule has 59 valence electrons. The minimum Gasteiger partial charge on any atom is -0.276 e. The van der Waals surface area contributed by atoms with Gasteiger partial charge in [0.15, 0.2) is 0 Å². The molecule has 0 aliphatic carbocycles. The van der Waals surface area contributed by atoms with Crippen LogP contribution >= 0.6 is 11.3 Å². The van der Waals surface area contributed by atoms with Crippen LogP contribution in [-0.2, 0) is 4.79 Å². The second-order valence-electron chi connectivity index (χ2n) is 2.36. The fourth-order valence-electron chi connectivity index (χ4n) is 1.08. The molecule has 1 heterocycles. The summed E-state index contributed by atoms with van der Waals surface area (Å²) < 4.78 is 1.16. The van der Waals surface area contributed by atoms with Gasteiger partial charge in [0.1, 0.15) is 5.00 Å². The van der Waals surface area contributed by atoms with Crippen LogP contribution in [-0.4, -0.2) is 6.41 Å². The van der Waals surface area contributed by atoms with Crippen LogP contribution in [0.25, 0.3) is 10.1 Å². The highest BCUT2D eigenvalue weighted by Gasteiger charge is 1.99. The quantitative estimate of drug-likeness (QED) is 0.646. The van der Waals surface area contributed by atoms with Gasteiger partial charge < -0.3 is 0 Å². The van der Waals surface area contributed by atoms with E-state index in [0.29, 0.717) is 6.41 Å². The van der Waals surface area contributed by atoms with Gasteiger partial charge in [-0.3, -0.25) is 4.79 Å². The Morgan fingerprint density at radius 1 is 1.33 bits per heavy atom. The minimum absolute atomic E-state index is 0.574. The largest absolute Gasteiger partial charge is 0.276 e. The van der Waals surface area contributed by atoms with Gasteiger partial charge in [-0.2, -0.15) is 0 Å². The number of hydrogen-bond acceptors (Lipinski definition) is 2. The molecule has 1 radical (unpaired) electrons. The SMILES string of the molecule is O=C[N]c1cc2ccccc2s1. The molecule has 0 saturated carbocycles. The van der Waals surface area contributed by atoms with Gasteiger partial charge in [0, 0.05) is 4.70 Å². The zero-order valence-corrected chi connectivity index (χ0v) is 7.04. The molecule has 0 aliphatic heterocycles. The Morgan fingerprint density at radius 3 is 2.92 bits per heavy atom. The van der Waals surface area contributed by atoms with E-state index in [9.17, 15) is 4.79 Å². The predicted octanol–water partition coefficient (Wildman–Crippen LogP) is 2.29. The van der Waals surface area contributed by atoms with Crippen molar-refractivity contribution in [2.24, 2.45) is 0 Å². The van der Waals surface area contributed by atoms with Gasteiger partial charge in [-0.15, -0.1) is 11.3 Å². The average molecular weight is 176 g/mol. The van der Waals surface area contributed by atoms with E-state index in [-0.39, 0.29) is 0 Å². The molecule has 1 aromatic heterocycles. The summed E-state index contributed by atoms with van der Waals surface area (Å²) in [6.07, 6.45) is 0.574. The Hall–Kier alpha value is -1.35. The normalized spacial score (nSPS) is 10.0. The maximum Gasteiger partial charge on any atom is 0.234 e. The first-order valence-corrected chi connectivity index (χ1v) is 4.35. The summed E-state index contributed by atoms with van der Waals surface area (Å²) in [5.74, 6) is 0. The highest BCUT2D eigenvalue weighted by Crippen LogP contribution is 2.28. The van der Waals surface area contributed by atoms with E-state index in [1.165, 1.54) is 11.3 Å². The summed E-state index contributed by atoms with van der Waals surface area (Å²) in [6.45, 7) is 0. The summed E-state index contributed by atoms with van der Waals surface area (Å²) in [5, 5.41) is 5.59. The fraction of sp³-hybridized carbons (Fsp3) is 0. The number of carbonyl (C=O) groups is 1. The van der Waals surface area contributed by atoms with Gasteiger partial charge >= 0.3 is 0 Å². The lowest BCUT2D eigenvalue weighted by Crippen LogP contribution is -1.86. The van der Waals surface area contributed by atoms with Gasteiger partial charge in [-0.05, 0) is 17.5 Å². The monoisotopic (exact) mass is 176 g/mol. The number of nitrogens with zero attached hydrogens (tertiary/aromatic N) is 1. The van der Waals surface area contributed by atoms with Crippen LogP contribution in [0.5, 0.6) is 0 Å². The van der Waals surface area contributed by atoms with Crippen molar-refractivity contribution in [3.05, 3.63) is 30.3 Å². The van der Waals surface area contributed by atoms with Crippen LogP contribution in [0.15, 0.2) is 30.3 Å². The Labute approximate surface area is 73.8 Å². The third-order valence-electron chi connectivity index (χ3n) is 1.59. The first kappa shape index (κ1) is 7.31. The molecular formula is C9H6NOS. The molecule has 2 nitrogen and oxygen atoms in total. The van der Waals surface area contributed by atoms with E-state index in [0.717, 1.165) is 15.1 Å². The van der Waals surface area contributed by atoms with Gasteiger partial charge in [-0.25, -0.2) is 5.32 Å². The van der Waals surface area contributed by atoms with E-state index < -0.39 is 0 Å². The molecular weight excluding hydrogens is 170 g/mol. The number of thiophene rings is 1. The van der Waals surface area contributed by atoms with E-state index in [1.807, 2.05) is 30.3 Å². The van der Waals surface area contributed by atoms with E-state index in [4.69, 9.17) is 0 Å². The Bertz CT molecular complexity index is 375. The Morgan fingerprint density at radius 2 is 2.17 bits per heavy atom. The van der Waals surface area contributed by atoms with Crippen LogP contribution in [0.4, 0.5) is 5.00 Å². The van der Waals surface area contributed by atoms with Crippen LogP contribution in [0, 0.1) is 0 Å². The molecule has 1 aromatic carbocycles. The summed E-state index contributed by atoms with van der Waals surface area (Å²) in [7, 11) is 0. The number of hydrogen-bond donors (Lipinski definition) is 0. The second kappa shape index (κ2) is 2.95. The second-order valence-corrected chi connectivity index (χ2v) is 3.42. The van der Waals surface area contributed by atoms with Crippen LogP contribution in [0.3, 0.4) is 0 Å². The Kier molecular flexibility index (Phi) is 1.80. The van der Waals surface area contributed by atoms with E-state index in [1.54, 1.807) is 0 Å². The van der Waals surface area contributed by atoms with Crippen molar-refractivity contribution < 1.29 is 4.79 Å². The molecule has 0 unspecified atom stereocenters. The van der Waals surface area contributed by atoms with Crippen molar-refractivity contribution in [1.29, 1.82) is 0 Å². The molecule has 0 fully saturated rings. The summed E-state index contributed by atoms with van der Waals surface area (Å²) in [5.41, 5.74) is 0. The topological polar surface area (TPSA) is 31.2 Å². The molecule has 0 N–H and O–H groups in total. The van der Waals surface area contributed by atoms with Crippen molar-refractivity contribution in [3.63, 3.8) is 0 Å². The summed E-state index contributed by atoms with van der Waals surface area (Å²) in [4.78, 5) is 10.1. The minimum atomic E-state index is 0.574. The van der Waals surface area contributed by atoms with Crippen LogP contribution in [0.1, 0.15) is 0 Å². The van der Waals surface area contributed by atoms with Crippen molar-refractivity contribution in [3.8, 4) is 0 Å². The third kappa shape index (κ3) is 1.19. The number of benzene rings is 1. The van der Waals surface area contributed by atoms with Crippen LogP contribution in [0.2, 0.25) is 0 Å². The summed E-state index contributed by atoms with van der Waals surface area (Å²) >= 11 is 1.52. The van der Waals surface area contributed by atoms with Crippen molar-refractivity contribution in [2.45, 2.75) is 0 Å². The molecule has 0 bridgehead atoms. The molecule has 12 heavy (non-hydrogen) atoms. The molecule has 1 amide bonds. The number of fused-ring (bicyclic) bond motifs is 1. The zero-order chi connectivity index (χ0) is 8.39. The molecule has 3 heteroatoms. The lowest BCUT2D eigenvalue weighted by molar-refractivity contribution is -0.108. The highest BCUT2D eigenvalue weighted by molar-refractivity contribution is 7.22. The summed E-state index contributed by atoms with van der Waals surface area (Å²) in [6, 6.07) is 9.89. The first-order chi connectivity index (χ1) is 5.90. The van der Waals surface area contributed by atoms with Crippen molar-refractivity contribution >= 4 is 32.8 Å². The maximum absolute atomic E-state index is 10.1. The van der Waals surface area contributed by atoms with E-state index in [2.05, 4.69) is 5.32 Å². The number of carbonyl (C=O) groups excluding carboxylic acids is 1. The molecule has 2 rings (SSSR count). The molecule has 0 atom stereocenters. The first-order valence-electron chi connectivity index (χ1n) is 3.53. The molecule has 0 aliphatic rings. The lowest BCUT2D eigenvalue weighted by atomic mass is 10.3. The van der Waals surface area contributed by atoms with Crippen LogP contribution < -0.4 is 5.32 Å². The number of amides is 1. The predicted molar refractivity (Wildman–Crippen MR) is 49.7 cm³/mol. The molecule has 2 aromatic rings. The standard InChI is InChI=1S/C9H6NOS/c11-6-10-9-5-7-3-1-2-4-8(7)12-9/h1-6H. The van der Waals surface area contributed by atoms with Gasteiger partial charge in [0.2, 0.25) is 6.41 Å². The highest BCUT2D eigenvalue weighted by atomic mass is 32.1. The average Bonchev–Trinajstić information content (AvgIpc) is 2.47. The molecule has 0 spiro atoms. The Balaban J connectivity index is 2.54. The van der Waals surface area contributed by atoms with Crippen molar-refractivity contribution in [2.75, 3.05) is 0 Å². The fourth-order valence-corrected chi connectivity index (χ4v) is 1.98.